The molecule has 2 aromatic rings. The van der Waals surface area contributed by atoms with E-state index < -0.39 is 48.9 Å². The van der Waals surface area contributed by atoms with Gasteiger partial charge in [-0.1, -0.05) is 80.2 Å². The number of amides is 4. The predicted octanol–water partition coefficient (Wildman–Crippen LogP) is 2.73. The van der Waals surface area contributed by atoms with Crippen LogP contribution in [0.5, 0.6) is 0 Å². The molecule has 0 unspecified atom stereocenters. The fourth-order valence-electron chi connectivity index (χ4n) is 7.08. The number of aliphatic hydroxyl groups is 2. The minimum absolute atomic E-state index is 0.0951. The molecule has 2 atom stereocenters. The number of fused-ring (bicyclic) bond motifs is 2. The van der Waals surface area contributed by atoms with Crippen LogP contribution in [0.15, 0.2) is 84.6 Å². The summed E-state index contributed by atoms with van der Waals surface area (Å²) in [5.74, 6) is -3.07. The molecule has 0 bridgehead atoms. The Morgan fingerprint density at radius 1 is 0.804 bits per heavy atom. The van der Waals surface area contributed by atoms with Gasteiger partial charge in [0.25, 0.3) is 0 Å². The fraction of sp³-hybridized carbons (Fsp3) is 0.429. The zero-order valence-corrected chi connectivity index (χ0v) is 33.9. The molecule has 2 aromatic carbocycles. The number of hydrogen-bond donors (Lipinski definition) is 6. The Morgan fingerprint density at radius 2 is 1.46 bits per heavy atom. The summed E-state index contributed by atoms with van der Waals surface area (Å²) >= 11 is 0.737. The molecule has 6 N–H and O–H groups in total. The number of nitrogens with one attached hydrogen (secondary N) is 4. The van der Waals surface area contributed by atoms with E-state index in [2.05, 4.69) is 138 Å². The Balaban J connectivity index is 1.26. The van der Waals surface area contributed by atoms with Crippen LogP contribution in [-0.4, -0.2) is 107 Å². The molecule has 13 nitrogen and oxygen atoms in total. The number of unbranched alkanes of at least 4 members (excludes halogenated alkanes) is 1. The zero-order chi connectivity index (χ0) is 41.0. The Hall–Kier alpha value is -5.05. The molecule has 300 valence electrons. The summed E-state index contributed by atoms with van der Waals surface area (Å²) in [6.07, 6.45) is 12.1. The van der Waals surface area contributed by atoms with Crippen LogP contribution < -0.4 is 26.2 Å². The lowest BCUT2D eigenvalue weighted by atomic mass is 9.81. The summed E-state index contributed by atoms with van der Waals surface area (Å²) in [7, 11) is 2.11. The van der Waals surface area contributed by atoms with Gasteiger partial charge in [0.05, 0.1) is 30.9 Å². The number of para-hydroxylation sites is 2. The maximum atomic E-state index is 12.6. The number of allylic oxidation sites excluding steroid dienone is 6. The molecule has 2 aliphatic heterocycles. The maximum absolute atomic E-state index is 12.6. The van der Waals surface area contributed by atoms with E-state index in [-0.39, 0.29) is 28.2 Å². The molecule has 0 fully saturated rings. The summed E-state index contributed by atoms with van der Waals surface area (Å²) in [6.45, 7) is 9.43. The predicted molar refractivity (Wildman–Crippen MR) is 220 cm³/mol. The molecular weight excluding hydrogens is 733 g/mol. The molecule has 0 aliphatic carbocycles. The van der Waals surface area contributed by atoms with Crippen molar-refractivity contribution in [3.8, 4) is 0 Å². The number of anilines is 1. The monoisotopic (exact) mass is 787 g/mol. The van der Waals surface area contributed by atoms with Gasteiger partial charge in [0, 0.05) is 54.5 Å². The lowest BCUT2D eigenvalue weighted by Gasteiger charge is -2.27. The van der Waals surface area contributed by atoms with E-state index in [1.165, 1.54) is 35.1 Å². The van der Waals surface area contributed by atoms with E-state index in [1.807, 2.05) is 6.07 Å². The van der Waals surface area contributed by atoms with Crippen LogP contribution in [0, 0.1) is 0 Å². The van der Waals surface area contributed by atoms with Gasteiger partial charge in [-0.15, -0.1) is 0 Å². The fourth-order valence-corrected chi connectivity index (χ4v) is 7.50. The average molecular weight is 788 g/mol. The largest absolute Gasteiger partial charge is 0.394 e. The molecule has 0 saturated heterocycles. The summed E-state index contributed by atoms with van der Waals surface area (Å²) in [5.41, 5.74) is 7.06. The van der Waals surface area contributed by atoms with Crippen molar-refractivity contribution in [2.45, 2.75) is 70.4 Å². The van der Waals surface area contributed by atoms with Gasteiger partial charge in [0.2, 0.25) is 29.3 Å². The van der Waals surface area contributed by atoms with Crippen molar-refractivity contribution in [1.29, 1.82) is 0 Å². The quantitative estimate of drug-likeness (QED) is 0.0753. The standard InChI is InChI=1S/C42H54N6O7S/c1-28(51)56-27-38(53)45-32(26-50)40(55)46-31(25-49)39(54)44-24-37(52)43-22-14-15-23-48-34-19-13-11-17-30(34)42(4,5)36(48)21-9-7-8-20-35-41(2,3)29-16-10-12-18-33(29)47(35)6/h7-13,16-21,31-32,49-50H,14-15,22-27H2,1-6H3,(H3-,43,44,45,46,52,53,54,55)/p+1/t31-,32-/m0/s1. The van der Waals surface area contributed by atoms with Crippen LogP contribution in [-0.2, 0) is 34.8 Å². The van der Waals surface area contributed by atoms with E-state index in [1.54, 1.807) is 0 Å². The third-order valence-corrected chi connectivity index (χ3v) is 10.9. The first-order valence-corrected chi connectivity index (χ1v) is 19.7. The van der Waals surface area contributed by atoms with Crippen molar-refractivity contribution in [2.24, 2.45) is 0 Å². The highest BCUT2D eigenvalue weighted by molar-refractivity contribution is 8.14. The maximum Gasteiger partial charge on any atom is 0.245 e. The Labute approximate surface area is 333 Å². The van der Waals surface area contributed by atoms with Crippen molar-refractivity contribution in [1.82, 2.24) is 21.3 Å². The average Bonchev–Trinajstić information content (AvgIpc) is 3.51. The highest BCUT2D eigenvalue weighted by atomic mass is 32.2. The molecular formula is C42H55N6O7S+. The van der Waals surface area contributed by atoms with E-state index in [4.69, 9.17) is 0 Å². The number of carbonyl (C=O) groups excluding carboxylic acids is 5. The topological polar surface area (TPSA) is 180 Å². The van der Waals surface area contributed by atoms with Gasteiger partial charge in [0.15, 0.2) is 10.8 Å². The number of nitrogens with zero attached hydrogens (tertiary/aromatic N) is 2. The van der Waals surface area contributed by atoms with Gasteiger partial charge in [0.1, 0.15) is 19.1 Å². The smallest absolute Gasteiger partial charge is 0.245 e. The second-order valence-corrected chi connectivity index (χ2v) is 15.9. The number of carbonyl (C=O) groups is 5. The third-order valence-electron chi connectivity index (χ3n) is 10.1. The lowest BCUT2D eigenvalue weighted by Crippen LogP contribution is -2.56. The van der Waals surface area contributed by atoms with Crippen LogP contribution in [0.25, 0.3) is 0 Å². The highest BCUT2D eigenvalue weighted by Crippen LogP contribution is 2.47. The molecule has 4 amide bonds. The first-order chi connectivity index (χ1) is 26.6. The van der Waals surface area contributed by atoms with Crippen molar-refractivity contribution < 1.29 is 38.8 Å². The molecule has 14 heteroatoms. The Bertz CT molecular complexity index is 1920. The summed E-state index contributed by atoms with van der Waals surface area (Å²) < 4.78 is 2.26. The van der Waals surface area contributed by atoms with Gasteiger partial charge in [-0.3, -0.25) is 24.0 Å². The van der Waals surface area contributed by atoms with Crippen LogP contribution in [0.1, 0.15) is 58.6 Å². The van der Waals surface area contributed by atoms with E-state index >= 15 is 0 Å². The van der Waals surface area contributed by atoms with Crippen LogP contribution in [0.3, 0.4) is 0 Å². The number of rotatable bonds is 18. The summed E-state index contributed by atoms with van der Waals surface area (Å²) in [5, 5.41) is 28.6. The zero-order valence-electron chi connectivity index (χ0n) is 33.1. The molecule has 0 spiro atoms. The van der Waals surface area contributed by atoms with Crippen molar-refractivity contribution in [2.75, 3.05) is 50.5 Å². The lowest BCUT2D eigenvalue weighted by molar-refractivity contribution is -0.401. The molecule has 4 rings (SSSR count). The Kier molecular flexibility index (Phi) is 15.4. The van der Waals surface area contributed by atoms with E-state index in [0.717, 1.165) is 30.4 Å². The minimum atomic E-state index is -1.42. The summed E-state index contributed by atoms with van der Waals surface area (Å²) in [6, 6.07) is 14.1. The summed E-state index contributed by atoms with van der Waals surface area (Å²) in [4.78, 5) is 63.0. The molecule has 2 aliphatic rings. The number of thioether (sulfide) groups is 1. The van der Waals surface area contributed by atoms with Gasteiger partial charge in [-0.25, -0.2) is 0 Å². The van der Waals surface area contributed by atoms with E-state index in [9.17, 15) is 34.2 Å². The molecule has 0 aromatic heterocycles. The number of hydrogen-bond acceptors (Lipinski definition) is 9. The van der Waals surface area contributed by atoms with Crippen molar-refractivity contribution in [3.63, 3.8) is 0 Å². The van der Waals surface area contributed by atoms with Crippen molar-refractivity contribution in [3.05, 3.63) is 95.7 Å². The number of benzene rings is 2. The minimum Gasteiger partial charge on any atom is -0.394 e. The SMILES string of the molecule is CC(=O)SCC(=O)N[C@@H](CO)C(=O)N[C@@H](CO)C(=O)NCC(=O)NCCCCN1/C(=C/C=C/C=C/C2=[N+](C)c3ccccc3C2(C)C)C(C)(C)c2ccccc21. The van der Waals surface area contributed by atoms with Gasteiger partial charge < -0.3 is 36.4 Å². The molecule has 2 heterocycles. The third kappa shape index (κ3) is 10.6. The van der Waals surface area contributed by atoms with Gasteiger partial charge in [-0.05, 0) is 44.4 Å². The van der Waals surface area contributed by atoms with Crippen LogP contribution >= 0.6 is 11.8 Å². The highest BCUT2D eigenvalue weighted by Gasteiger charge is 2.42. The van der Waals surface area contributed by atoms with Crippen LogP contribution in [0.4, 0.5) is 11.4 Å². The van der Waals surface area contributed by atoms with Crippen molar-refractivity contribution >= 4 is 57.6 Å². The van der Waals surface area contributed by atoms with Gasteiger partial charge >= 0.3 is 0 Å². The normalized spacial score (nSPS) is 17.1. The second-order valence-electron chi connectivity index (χ2n) is 14.8. The molecule has 0 radical (unpaired) electrons. The second kappa shape index (κ2) is 19.7. The van der Waals surface area contributed by atoms with E-state index in [0.29, 0.717) is 13.0 Å². The van der Waals surface area contributed by atoms with Crippen LogP contribution in [0.2, 0.25) is 0 Å². The first-order valence-electron chi connectivity index (χ1n) is 18.8. The molecule has 0 saturated carbocycles. The molecule has 56 heavy (non-hydrogen) atoms. The first kappa shape index (κ1) is 43.7. The Morgan fingerprint density at radius 3 is 2.14 bits per heavy atom. The number of aliphatic hydroxyl groups excluding tert-OH is 2. The van der Waals surface area contributed by atoms with Gasteiger partial charge in [-0.2, -0.15) is 4.58 Å².